The lowest BCUT2D eigenvalue weighted by Gasteiger charge is -1.91. The van der Waals surface area contributed by atoms with Crippen molar-refractivity contribution in [1.82, 2.24) is 0 Å². The molecule has 5 nitrogen and oxygen atoms in total. The van der Waals surface area contributed by atoms with Gasteiger partial charge < -0.3 is 4.18 Å². The molecule has 0 amide bonds. The van der Waals surface area contributed by atoms with Crippen molar-refractivity contribution in [1.29, 1.82) is 0 Å². The highest BCUT2D eigenvalue weighted by atomic mass is 32.3. The minimum atomic E-state index is -3.85. The van der Waals surface area contributed by atoms with Gasteiger partial charge in [0.25, 0.3) is 0 Å². The molecule has 0 bridgehead atoms. The van der Waals surface area contributed by atoms with Crippen LogP contribution >= 0.6 is 0 Å². The van der Waals surface area contributed by atoms with E-state index in [1.807, 2.05) is 0 Å². The number of hydrogen-bond donors (Lipinski definition) is 0. The minimum absolute atomic E-state index is 0.0928. The highest BCUT2D eigenvalue weighted by Crippen LogP contribution is 2.16. The Morgan fingerprint density at radius 1 is 1.67 bits per heavy atom. The van der Waals surface area contributed by atoms with Crippen molar-refractivity contribution in [2.45, 2.75) is 6.92 Å². The van der Waals surface area contributed by atoms with Gasteiger partial charge in [0.05, 0.1) is 0 Å². The summed E-state index contributed by atoms with van der Waals surface area (Å²) in [5.74, 6) is 0.516. The van der Waals surface area contributed by atoms with Crippen LogP contribution in [0.1, 0.15) is 6.92 Å². The van der Waals surface area contributed by atoms with Gasteiger partial charge >= 0.3 is 10.4 Å². The Balaban J connectivity index is 2.70. The molecule has 1 unspecified atom stereocenters. The molecule has 0 aromatic rings. The van der Waals surface area contributed by atoms with Crippen LogP contribution in [0, 0.1) is 0 Å². The molecule has 0 saturated carbocycles. The SMILES string of the molecule is CCS(=O)C=C1COS(=O)(=O)O1. The minimum Gasteiger partial charge on any atom is -0.363 e. The van der Waals surface area contributed by atoms with Crippen molar-refractivity contribution in [3.05, 3.63) is 11.2 Å². The Kier molecular flexibility index (Phi) is 2.86. The van der Waals surface area contributed by atoms with E-state index in [1.165, 1.54) is 5.41 Å². The molecule has 0 aliphatic carbocycles. The quantitative estimate of drug-likeness (QED) is 0.638. The molecule has 0 aromatic heterocycles. The molecule has 12 heavy (non-hydrogen) atoms. The van der Waals surface area contributed by atoms with E-state index in [0.29, 0.717) is 5.75 Å². The van der Waals surface area contributed by atoms with Crippen LogP contribution in [0.5, 0.6) is 0 Å². The standard InChI is InChI=1S/C5H8O5S2/c1-2-11(6)4-5-3-9-12(7,8)10-5/h4H,2-3H2,1H3. The molecule has 0 aromatic carbocycles. The average molecular weight is 212 g/mol. The van der Waals surface area contributed by atoms with Crippen molar-refractivity contribution in [3.8, 4) is 0 Å². The third-order valence-corrected chi connectivity index (χ3v) is 3.02. The van der Waals surface area contributed by atoms with Crippen molar-refractivity contribution in [2.24, 2.45) is 0 Å². The molecule has 0 spiro atoms. The molecule has 1 saturated heterocycles. The van der Waals surface area contributed by atoms with Crippen LogP contribution in [0.2, 0.25) is 0 Å². The second kappa shape index (κ2) is 3.55. The van der Waals surface area contributed by atoms with E-state index in [4.69, 9.17) is 0 Å². The second-order valence-electron chi connectivity index (χ2n) is 2.01. The third kappa shape index (κ3) is 2.58. The lowest BCUT2D eigenvalue weighted by Crippen LogP contribution is -1.95. The second-order valence-corrected chi connectivity index (χ2v) is 4.80. The maximum absolute atomic E-state index is 10.9. The highest BCUT2D eigenvalue weighted by molar-refractivity contribution is 7.88. The van der Waals surface area contributed by atoms with Gasteiger partial charge in [0.1, 0.15) is 6.61 Å². The first kappa shape index (κ1) is 9.69. The largest absolute Gasteiger partial charge is 0.449 e. The number of rotatable bonds is 2. The zero-order chi connectivity index (χ0) is 9.19. The van der Waals surface area contributed by atoms with Crippen LogP contribution in [0.25, 0.3) is 0 Å². The molecule has 0 N–H and O–H groups in total. The fourth-order valence-electron chi connectivity index (χ4n) is 0.593. The first-order valence-electron chi connectivity index (χ1n) is 3.20. The van der Waals surface area contributed by atoms with Crippen molar-refractivity contribution in [3.63, 3.8) is 0 Å². The molecule has 1 aliphatic heterocycles. The van der Waals surface area contributed by atoms with Crippen LogP contribution < -0.4 is 0 Å². The Labute approximate surface area is 73.1 Å². The maximum Gasteiger partial charge on any atom is 0.449 e. The summed E-state index contributed by atoms with van der Waals surface area (Å²) in [5.41, 5.74) is 0. The van der Waals surface area contributed by atoms with Gasteiger partial charge in [0.15, 0.2) is 5.76 Å². The van der Waals surface area contributed by atoms with Gasteiger partial charge in [-0.05, 0) is 0 Å². The van der Waals surface area contributed by atoms with E-state index in [1.54, 1.807) is 6.92 Å². The summed E-state index contributed by atoms with van der Waals surface area (Å²) in [6.07, 6.45) is 0. The molecular weight excluding hydrogens is 204 g/mol. The predicted molar refractivity (Wildman–Crippen MR) is 42.7 cm³/mol. The van der Waals surface area contributed by atoms with Gasteiger partial charge in [-0.1, -0.05) is 6.92 Å². The lowest BCUT2D eigenvalue weighted by atomic mass is 10.6. The summed E-state index contributed by atoms with van der Waals surface area (Å²) < 4.78 is 40.5. The smallest absolute Gasteiger partial charge is 0.363 e. The van der Waals surface area contributed by atoms with E-state index < -0.39 is 21.2 Å². The van der Waals surface area contributed by atoms with Crippen LogP contribution in [0.3, 0.4) is 0 Å². The molecule has 1 fully saturated rings. The Morgan fingerprint density at radius 3 is 2.75 bits per heavy atom. The van der Waals surface area contributed by atoms with Crippen LogP contribution in [0.4, 0.5) is 0 Å². The van der Waals surface area contributed by atoms with Crippen LogP contribution in [0.15, 0.2) is 11.2 Å². The molecular formula is C5H8O5S2. The molecule has 1 heterocycles. The van der Waals surface area contributed by atoms with Crippen molar-refractivity contribution in [2.75, 3.05) is 12.4 Å². The molecule has 1 aliphatic rings. The van der Waals surface area contributed by atoms with E-state index >= 15 is 0 Å². The van der Waals surface area contributed by atoms with Crippen molar-refractivity contribution >= 4 is 21.2 Å². The van der Waals surface area contributed by atoms with Gasteiger partial charge in [-0.15, -0.1) is 0 Å². The van der Waals surface area contributed by atoms with Gasteiger partial charge in [-0.3, -0.25) is 4.21 Å². The summed E-state index contributed by atoms with van der Waals surface area (Å²) in [6.45, 7) is 1.56. The predicted octanol–water partition coefficient (Wildman–Crippen LogP) is -0.112. The van der Waals surface area contributed by atoms with Gasteiger partial charge in [-0.25, -0.2) is 4.18 Å². The fraction of sp³-hybridized carbons (Fsp3) is 0.600. The van der Waals surface area contributed by atoms with Crippen LogP contribution in [-0.4, -0.2) is 25.0 Å². The summed E-state index contributed by atoms with van der Waals surface area (Å²) in [7, 11) is -5.03. The zero-order valence-electron chi connectivity index (χ0n) is 6.35. The maximum atomic E-state index is 10.9. The molecule has 7 heteroatoms. The molecule has 1 atom stereocenters. The fourth-order valence-corrected chi connectivity index (χ4v) is 1.90. The zero-order valence-corrected chi connectivity index (χ0v) is 7.98. The molecule has 70 valence electrons. The number of hydrogen-bond acceptors (Lipinski definition) is 5. The monoisotopic (exact) mass is 212 g/mol. The van der Waals surface area contributed by atoms with Gasteiger partial charge in [0.2, 0.25) is 0 Å². The van der Waals surface area contributed by atoms with Crippen molar-refractivity contribution < 1.29 is 21.0 Å². The third-order valence-electron chi connectivity index (χ3n) is 1.10. The molecule has 0 radical (unpaired) electrons. The Hall–Kier alpha value is -0.400. The topological polar surface area (TPSA) is 69.7 Å². The Morgan fingerprint density at radius 2 is 2.33 bits per heavy atom. The summed E-state index contributed by atoms with van der Waals surface area (Å²) in [6, 6.07) is 0. The van der Waals surface area contributed by atoms with E-state index in [9.17, 15) is 12.6 Å². The normalized spacial score (nSPS) is 26.9. The summed E-state index contributed by atoms with van der Waals surface area (Å²) >= 11 is 0. The average Bonchev–Trinajstić information content (AvgIpc) is 2.30. The first-order valence-corrected chi connectivity index (χ1v) is 5.92. The summed E-state index contributed by atoms with van der Waals surface area (Å²) in [5, 5.41) is 1.24. The lowest BCUT2D eigenvalue weighted by molar-refractivity contribution is 0.360. The first-order chi connectivity index (χ1) is 5.53. The van der Waals surface area contributed by atoms with E-state index in [0.717, 1.165) is 0 Å². The van der Waals surface area contributed by atoms with Crippen LogP contribution in [-0.2, 0) is 29.6 Å². The molecule has 1 rings (SSSR count). The van der Waals surface area contributed by atoms with E-state index in [2.05, 4.69) is 8.37 Å². The highest BCUT2D eigenvalue weighted by Gasteiger charge is 2.25. The summed E-state index contributed by atoms with van der Waals surface area (Å²) in [4.78, 5) is 0. The van der Waals surface area contributed by atoms with E-state index in [-0.39, 0.29) is 12.4 Å². The van der Waals surface area contributed by atoms with Gasteiger partial charge in [0, 0.05) is 22.0 Å². The Bertz CT molecular complexity index is 315. The van der Waals surface area contributed by atoms with Gasteiger partial charge in [-0.2, -0.15) is 8.42 Å².